The van der Waals surface area contributed by atoms with E-state index in [0.29, 0.717) is 6.42 Å². The summed E-state index contributed by atoms with van der Waals surface area (Å²) in [5.41, 5.74) is 6.96. The van der Waals surface area contributed by atoms with E-state index in [1.165, 1.54) is 33.0 Å². The first-order chi connectivity index (χ1) is 13.4. The summed E-state index contributed by atoms with van der Waals surface area (Å²) in [6.45, 7) is 6.55. The van der Waals surface area contributed by atoms with Crippen LogP contribution in [0.4, 0.5) is 5.69 Å². The van der Waals surface area contributed by atoms with Crippen LogP contribution in [-0.4, -0.2) is 5.78 Å². The van der Waals surface area contributed by atoms with Crippen molar-refractivity contribution in [1.82, 2.24) is 0 Å². The van der Waals surface area contributed by atoms with Crippen LogP contribution in [0.5, 0.6) is 0 Å². The lowest BCUT2D eigenvalue weighted by Crippen LogP contribution is -2.33. The standard InChI is InChI=1S/C26H25NO/c1-16-8-4-6-10-18(16)25-24-20(14-26(2,3)15-22(24)28)23-19-11-7-5-9-17(19)12-13-21(23)27-25/h4-13,25,27H,14-15H2,1-3H3/t25-/m1/s1. The lowest BCUT2D eigenvalue weighted by atomic mass is 9.67. The highest BCUT2D eigenvalue weighted by atomic mass is 16.1. The lowest BCUT2D eigenvalue weighted by Gasteiger charge is -2.40. The Morgan fingerprint density at radius 2 is 1.68 bits per heavy atom. The molecule has 1 atom stereocenters. The molecule has 1 aliphatic heterocycles. The molecule has 0 fully saturated rings. The predicted molar refractivity (Wildman–Crippen MR) is 116 cm³/mol. The number of rotatable bonds is 1. The highest BCUT2D eigenvalue weighted by molar-refractivity contribution is 6.12. The number of aryl methyl sites for hydroxylation is 1. The van der Waals surface area contributed by atoms with Gasteiger partial charge in [0.05, 0.1) is 6.04 Å². The van der Waals surface area contributed by atoms with Crippen molar-refractivity contribution in [2.24, 2.45) is 5.41 Å². The van der Waals surface area contributed by atoms with E-state index in [0.717, 1.165) is 17.7 Å². The number of allylic oxidation sites excluding steroid dienone is 1. The minimum atomic E-state index is -0.0755. The lowest BCUT2D eigenvalue weighted by molar-refractivity contribution is -0.118. The fraction of sp³-hybridized carbons (Fsp3) is 0.269. The van der Waals surface area contributed by atoms with E-state index in [1.807, 2.05) is 0 Å². The van der Waals surface area contributed by atoms with Gasteiger partial charge < -0.3 is 5.32 Å². The Bertz CT molecular complexity index is 1150. The Labute approximate surface area is 166 Å². The monoisotopic (exact) mass is 367 g/mol. The zero-order valence-corrected chi connectivity index (χ0v) is 16.7. The molecule has 3 aromatic rings. The molecule has 2 aliphatic rings. The first-order valence-electron chi connectivity index (χ1n) is 10.0. The smallest absolute Gasteiger partial charge is 0.162 e. The van der Waals surface area contributed by atoms with Crippen LogP contribution in [0.3, 0.4) is 0 Å². The second-order valence-corrected chi connectivity index (χ2v) is 8.98. The molecule has 3 aromatic carbocycles. The summed E-state index contributed by atoms with van der Waals surface area (Å²) in [5, 5.41) is 6.18. The van der Waals surface area contributed by atoms with Gasteiger partial charge in [-0.1, -0.05) is 68.4 Å². The molecule has 1 N–H and O–H groups in total. The van der Waals surface area contributed by atoms with Gasteiger partial charge in [-0.2, -0.15) is 0 Å². The molecule has 0 saturated carbocycles. The van der Waals surface area contributed by atoms with Crippen molar-refractivity contribution in [3.63, 3.8) is 0 Å². The van der Waals surface area contributed by atoms with Crippen LogP contribution in [0.1, 0.15) is 49.4 Å². The molecule has 0 aromatic heterocycles. The van der Waals surface area contributed by atoms with E-state index in [-0.39, 0.29) is 17.2 Å². The summed E-state index contributed by atoms with van der Waals surface area (Å²) >= 11 is 0. The number of fused-ring (bicyclic) bond motifs is 4. The fourth-order valence-electron chi connectivity index (χ4n) is 4.98. The highest BCUT2D eigenvalue weighted by Crippen LogP contribution is 2.52. The minimum Gasteiger partial charge on any atom is -0.373 e. The van der Waals surface area contributed by atoms with Crippen LogP contribution in [0, 0.1) is 12.3 Å². The van der Waals surface area contributed by atoms with Gasteiger partial charge in [-0.25, -0.2) is 0 Å². The normalized spacial score (nSPS) is 20.5. The van der Waals surface area contributed by atoms with Gasteiger partial charge in [0.25, 0.3) is 0 Å². The number of carbonyl (C=O) groups excluding carboxylic acids is 1. The van der Waals surface area contributed by atoms with Crippen LogP contribution < -0.4 is 5.32 Å². The number of anilines is 1. The Balaban J connectivity index is 1.83. The molecule has 0 radical (unpaired) electrons. The molecule has 28 heavy (non-hydrogen) atoms. The molecule has 0 saturated heterocycles. The van der Waals surface area contributed by atoms with Crippen molar-refractivity contribution >= 4 is 27.8 Å². The van der Waals surface area contributed by atoms with Crippen LogP contribution in [0.2, 0.25) is 0 Å². The zero-order valence-electron chi connectivity index (χ0n) is 16.7. The fourth-order valence-corrected chi connectivity index (χ4v) is 4.98. The quantitative estimate of drug-likeness (QED) is 0.535. The Morgan fingerprint density at radius 1 is 0.929 bits per heavy atom. The largest absolute Gasteiger partial charge is 0.373 e. The van der Waals surface area contributed by atoms with E-state index in [1.54, 1.807) is 0 Å². The summed E-state index contributed by atoms with van der Waals surface area (Å²) < 4.78 is 0. The van der Waals surface area contributed by atoms with E-state index in [9.17, 15) is 4.79 Å². The molecule has 0 spiro atoms. The molecule has 0 amide bonds. The molecule has 1 heterocycles. The Hall–Kier alpha value is -2.87. The van der Waals surface area contributed by atoms with Crippen molar-refractivity contribution in [2.75, 3.05) is 5.32 Å². The molecule has 5 rings (SSSR count). The molecule has 2 heteroatoms. The van der Waals surface area contributed by atoms with Crippen molar-refractivity contribution in [1.29, 1.82) is 0 Å². The molecule has 2 nitrogen and oxygen atoms in total. The van der Waals surface area contributed by atoms with Crippen molar-refractivity contribution < 1.29 is 4.79 Å². The van der Waals surface area contributed by atoms with E-state index >= 15 is 0 Å². The van der Waals surface area contributed by atoms with Gasteiger partial charge in [-0.05, 0) is 52.3 Å². The average molecular weight is 367 g/mol. The number of Topliss-reactive ketones (excluding diaryl/α,β-unsaturated/α-hetero) is 1. The summed E-state index contributed by atoms with van der Waals surface area (Å²) in [6.07, 6.45) is 1.54. The maximum atomic E-state index is 13.4. The van der Waals surface area contributed by atoms with Gasteiger partial charge >= 0.3 is 0 Å². The summed E-state index contributed by atoms with van der Waals surface area (Å²) in [5.74, 6) is 0.283. The SMILES string of the molecule is Cc1ccccc1[C@H]1Nc2ccc3ccccc3c2C2=C1C(=O)CC(C)(C)C2. The summed E-state index contributed by atoms with van der Waals surface area (Å²) in [6, 6.07) is 21.2. The van der Waals surface area contributed by atoms with Gasteiger partial charge in [0.15, 0.2) is 5.78 Å². The summed E-state index contributed by atoms with van der Waals surface area (Å²) in [4.78, 5) is 13.4. The third-order valence-corrected chi connectivity index (χ3v) is 6.24. The first kappa shape index (κ1) is 17.2. The average Bonchev–Trinajstić information content (AvgIpc) is 2.66. The molecule has 1 aliphatic carbocycles. The second-order valence-electron chi connectivity index (χ2n) is 8.98. The molecule has 0 unspecified atom stereocenters. The van der Waals surface area contributed by atoms with Gasteiger partial charge in [-0.15, -0.1) is 0 Å². The van der Waals surface area contributed by atoms with Gasteiger partial charge in [-0.3, -0.25) is 4.79 Å². The second kappa shape index (κ2) is 6.07. The van der Waals surface area contributed by atoms with Crippen LogP contribution in [-0.2, 0) is 4.79 Å². The third-order valence-electron chi connectivity index (χ3n) is 6.24. The number of benzene rings is 3. The maximum absolute atomic E-state index is 13.4. The number of ketones is 1. The van der Waals surface area contributed by atoms with Gasteiger partial charge in [0.2, 0.25) is 0 Å². The number of hydrogen-bond acceptors (Lipinski definition) is 2. The van der Waals surface area contributed by atoms with E-state index in [2.05, 4.69) is 86.8 Å². The number of carbonyl (C=O) groups is 1. The number of hydrogen-bond donors (Lipinski definition) is 1. The number of nitrogens with one attached hydrogen (secondary N) is 1. The minimum absolute atomic E-state index is 0.0161. The van der Waals surface area contributed by atoms with Crippen molar-refractivity contribution in [2.45, 2.75) is 39.7 Å². The third kappa shape index (κ3) is 2.59. The molecular formula is C26H25NO. The van der Waals surface area contributed by atoms with Crippen molar-refractivity contribution in [3.8, 4) is 0 Å². The van der Waals surface area contributed by atoms with Crippen LogP contribution in [0.15, 0.2) is 66.2 Å². The molecule has 140 valence electrons. The Kier molecular flexibility index (Phi) is 3.74. The maximum Gasteiger partial charge on any atom is 0.162 e. The molecular weight excluding hydrogens is 342 g/mol. The topological polar surface area (TPSA) is 29.1 Å². The van der Waals surface area contributed by atoms with Crippen molar-refractivity contribution in [3.05, 3.63) is 82.9 Å². The van der Waals surface area contributed by atoms with E-state index in [4.69, 9.17) is 0 Å². The van der Waals surface area contributed by atoms with Gasteiger partial charge in [0.1, 0.15) is 0 Å². The summed E-state index contributed by atoms with van der Waals surface area (Å²) in [7, 11) is 0. The van der Waals surface area contributed by atoms with E-state index < -0.39 is 0 Å². The predicted octanol–water partition coefficient (Wildman–Crippen LogP) is 6.46. The molecule has 0 bridgehead atoms. The van der Waals surface area contributed by atoms with Gasteiger partial charge in [0, 0.05) is 23.2 Å². The highest BCUT2D eigenvalue weighted by Gasteiger charge is 2.40. The van der Waals surface area contributed by atoms with Crippen LogP contribution >= 0.6 is 0 Å². The zero-order chi connectivity index (χ0) is 19.5. The Morgan fingerprint density at radius 3 is 2.50 bits per heavy atom. The van der Waals surface area contributed by atoms with Crippen LogP contribution in [0.25, 0.3) is 16.3 Å². The first-order valence-corrected chi connectivity index (χ1v) is 10.0.